The van der Waals surface area contributed by atoms with Crippen LogP contribution >= 0.6 is 11.6 Å². The second-order valence-corrected chi connectivity index (χ2v) is 8.09. The zero-order valence-corrected chi connectivity index (χ0v) is 16.1. The third-order valence-electron chi connectivity index (χ3n) is 5.79. The van der Waals surface area contributed by atoms with Gasteiger partial charge in [-0.15, -0.1) is 0 Å². The van der Waals surface area contributed by atoms with E-state index in [1.807, 2.05) is 18.2 Å². The number of rotatable bonds is 5. The van der Waals surface area contributed by atoms with Gasteiger partial charge in [-0.05, 0) is 67.2 Å². The van der Waals surface area contributed by atoms with E-state index in [4.69, 9.17) is 11.6 Å². The fraction of sp³-hybridized carbons (Fsp3) is 0.409. The summed E-state index contributed by atoms with van der Waals surface area (Å²) in [6.45, 7) is 4.06. The molecule has 0 bridgehead atoms. The van der Waals surface area contributed by atoms with E-state index in [1.165, 1.54) is 5.56 Å². The number of aliphatic hydroxyl groups is 1. The molecule has 27 heavy (non-hydrogen) atoms. The molecule has 0 aromatic heterocycles. The highest BCUT2D eigenvalue weighted by Crippen LogP contribution is 2.33. The Hall–Kier alpha value is -1.72. The second-order valence-electron chi connectivity index (χ2n) is 7.65. The number of halogens is 1. The number of benzene rings is 2. The average molecular weight is 385 g/mol. The van der Waals surface area contributed by atoms with Gasteiger partial charge in [0.2, 0.25) is 0 Å². The van der Waals surface area contributed by atoms with Gasteiger partial charge >= 0.3 is 0 Å². The van der Waals surface area contributed by atoms with Gasteiger partial charge in [-0.1, -0.05) is 35.9 Å². The number of carbonyl (C=O) groups excluding carboxylic acids is 1. The Morgan fingerprint density at radius 2 is 1.78 bits per heavy atom. The second kappa shape index (κ2) is 8.11. The lowest BCUT2D eigenvalue weighted by atomic mass is 9.95. The van der Waals surface area contributed by atoms with Crippen molar-refractivity contribution >= 4 is 17.4 Å². The molecule has 1 atom stereocenters. The van der Waals surface area contributed by atoms with Crippen molar-refractivity contribution in [2.45, 2.75) is 25.6 Å². The van der Waals surface area contributed by atoms with Crippen LogP contribution in [0.15, 0.2) is 48.5 Å². The van der Waals surface area contributed by atoms with E-state index in [0.29, 0.717) is 17.5 Å². The maximum atomic E-state index is 12.4. The molecule has 2 aromatic carbocycles. The highest BCUT2D eigenvalue weighted by atomic mass is 35.5. The van der Waals surface area contributed by atoms with Crippen LogP contribution < -0.4 is 0 Å². The fourth-order valence-corrected chi connectivity index (χ4v) is 4.31. The summed E-state index contributed by atoms with van der Waals surface area (Å²) >= 11 is 5.89. The Labute approximate surface area is 165 Å². The van der Waals surface area contributed by atoms with Crippen molar-refractivity contribution < 1.29 is 9.90 Å². The summed E-state index contributed by atoms with van der Waals surface area (Å²) in [5.41, 5.74) is 3.00. The standard InChI is InChI=1S/C22H25ClN2O2/c23-19-7-5-17(6-8-19)21(26)15-24-11-9-16(10-12-24)13-25-14-18-3-1-2-4-20(18)22(25)27/h1-8,16,22,27H,9-15H2. The van der Waals surface area contributed by atoms with Crippen molar-refractivity contribution in [1.82, 2.24) is 9.80 Å². The highest BCUT2D eigenvalue weighted by Gasteiger charge is 2.31. The molecule has 4 nitrogen and oxygen atoms in total. The minimum absolute atomic E-state index is 0.149. The van der Waals surface area contributed by atoms with E-state index >= 15 is 0 Å². The SMILES string of the molecule is O=C(CN1CCC(CN2Cc3ccccc3C2O)CC1)c1ccc(Cl)cc1. The summed E-state index contributed by atoms with van der Waals surface area (Å²) < 4.78 is 0. The summed E-state index contributed by atoms with van der Waals surface area (Å²) in [4.78, 5) is 16.8. The topological polar surface area (TPSA) is 43.8 Å². The van der Waals surface area contributed by atoms with Gasteiger partial charge in [0, 0.05) is 23.7 Å². The molecule has 1 unspecified atom stereocenters. The third kappa shape index (κ3) is 4.25. The molecule has 0 spiro atoms. The molecule has 1 N–H and O–H groups in total. The first-order valence-corrected chi connectivity index (χ1v) is 9.99. The summed E-state index contributed by atoms with van der Waals surface area (Å²) in [5, 5.41) is 11.2. The maximum Gasteiger partial charge on any atom is 0.176 e. The first-order valence-electron chi connectivity index (χ1n) is 9.61. The van der Waals surface area contributed by atoms with E-state index in [-0.39, 0.29) is 5.78 Å². The number of nitrogens with zero attached hydrogens (tertiary/aromatic N) is 2. The monoisotopic (exact) mass is 384 g/mol. The summed E-state index contributed by atoms with van der Waals surface area (Å²) in [5.74, 6) is 0.714. The molecule has 1 fully saturated rings. The zero-order valence-electron chi connectivity index (χ0n) is 15.4. The summed E-state index contributed by atoms with van der Waals surface area (Å²) in [6, 6.07) is 15.3. The smallest absolute Gasteiger partial charge is 0.176 e. The first-order chi connectivity index (χ1) is 13.1. The van der Waals surface area contributed by atoms with Gasteiger partial charge in [0.1, 0.15) is 6.23 Å². The predicted octanol–water partition coefficient (Wildman–Crippen LogP) is 3.74. The molecule has 2 aromatic rings. The molecule has 0 radical (unpaired) electrons. The molecular weight excluding hydrogens is 360 g/mol. The molecule has 4 rings (SSSR count). The lowest BCUT2D eigenvalue weighted by Crippen LogP contribution is -2.40. The van der Waals surface area contributed by atoms with E-state index in [0.717, 1.165) is 50.1 Å². The molecule has 0 amide bonds. The fourth-order valence-electron chi connectivity index (χ4n) is 4.19. The van der Waals surface area contributed by atoms with Crippen molar-refractivity contribution in [3.63, 3.8) is 0 Å². The Kier molecular flexibility index (Phi) is 5.60. The van der Waals surface area contributed by atoms with Crippen LogP contribution in [0.4, 0.5) is 0 Å². The number of carbonyl (C=O) groups is 1. The van der Waals surface area contributed by atoms with Crippen LogP contribution in [0.5, 0.6) is 0 Å². The quantitative estimate of drug-likeness (QED) is 0.797. The van der Waals surface area contributed by atoms with Crippen LogP contribution in [0, 0.1) is 5.92 Å². The summed E-state index contributed by atoms with van der Waals surface area (Å²) in [6.07, 6.45) is 1.65. The number of likely N-dealkylation sites (tertiary alicyclic amines) is 1. The van der Waals surface area contributed by atoms with Crippen LogP contribution in [-0.2, 0) is 6.54 Å². The Balaban J connectivity index is 1.26. The molecule has 5 heteroatoms. The van der Waals surface area contributed by atoms with Gasteiger partial charge in [0.25, 0.3) is 0 Å². The number of Topliss-reactive ketones (excluding diaryl/α,β-unsaturated/α-hetero) is 1. The predicted molar refractivity (Wildman–Crippen MR) is 107 cm³/mol. The van der Waals surface area contributed by atoms with Crippen LogP contribution in [0.3, 0.4) is 0 Å². The number of fused-ring (bicyclic) bond motifs is 1. The van der Waals surface area contributed by atoms with E-state index < -0.39 is 6.23 Å². The van der Waals surface area contributed by atoms with Crippen molar-refractivity contribution in [3.05, 3.63) is 70.2 Å². The van der Waals surface area contributed by atoms with E-state index in [1.54, 1.807) is 24.3 Å². The van der Waals surface area contributed by atoms with Gasteiger partial charge in [-0.3, -0.25) is 14.6 Å². The number of hydrogen-bond acceptors (Lipinski definition) is 4. The number of ketones is 1. The van der Waals surface area contributed by atoms with Crippen LogP contribution in [0.25, 0.3) is 0 Å². The largest absolute Gasteiger partial charge is 0.374 e. The van der Waals surface area contributed by atoms with Crippen LogP contribution in [-0.4, -0.2) is 46.9 Å². The maximum absolute atomic E-state index is 12.4. The summed E-state index contributed by atoms with van der Waals surface area (Å²) in [7, 11) is 0. The third-order valence-corrected chi connectivity index (χ3v) is 6.04. The molecular formula is C22H25ClN2O2. The first kappa shape index (κ1) is 18.6. The van der Waals surface area contributed by atoms with E-state index in [9.17, 15) is 9.90 Å². The van der Waals surface area contributed by atoms with Crippen LogP contribution in [0.2, 0.25) is 5.02 Å². The van der Waals surface area contributed by atoms with Gasteiger partial charge in [0.15, 0.2) is 5.78 Å². The van der Waals surface area contributed by atoms with Gasteiger partial charge in [-0.2, -0.15) is 0 Å². The average Bonchev–Trinajstić information content (AvgIpc) is 3.00. The van der Waals surface area contributed by atoms with Crippen LogP contribution in [0.1, 0.15) is 40.6 Å². The van der Waals surface area contributed by atoms with Crippen molar-refractivity contribution in [2.75, 3.05) is 26.2 Å². The lowest BCUT2D eigenvalue weighted by molar-refractivity contribution is -0.00352. The Bertz CT molecular complexity index is 800. The zero-order chi connectivity index (χ0) is 18.8. The molecule has 0 aliphatic carbocycles. The number of hydrogen-bond donors (Lipinski definition) is 1. The van der Waals surface area contributed by atoms with E-state index in [2.05, 4.69) is 15.9 Å². The molecule has 2 aliphatic heterocycles. The molecule has 0 saturated carbocycles. The minimum atomic E-state index is -0.481. The molecule has 142 valence electrons. The van der Waals surface area contributed by atoms with Gasteiger partial charge in [0.05, 0.1) is 6.54 Å². The van der Waals surface area contributed by atoms with Crippen molar-refractivity contribution in [3.8, 4) is 0 Å². The van der Waals surface area contributed by atoms with Crippen molar-refractivity contribution in [1.29, 1.82) is 0 Å². The number of piperidine rings is 1. The number of aliphatic hydroxyl groups excluding tert-OH is 1. The van der Waals surface area contributed by atoms with Crippen molar-refractivity contribution in [2.24, 2.45) is 5.92 Å². The minimum Gasteiger partial charge on any atom is -0.374 e. The van der Waals surface area contributed by atoms with Gasteiger partial charge < -0.3 is 5.11 Å². The molecule has 2 aliphatic rings. The highest BCUT2D eigenvalue weighted by molar-refractivity contribution is 6.30. The normalized spacial score (nSPS) is 21.3. The van der Waals surface area contributed by atoms with Gasteiger partial charge in [-0.25, -0.2) is 0 Å². The Morgan fingerprint density at radius 1 is 1.07 bits per heavy atom. The lowest BCUT2D eigenvalue weighted by Gasteiger charge is -2.34. The molecule has 2 heterocycles. The Morgan fingerprint density at radius 3 is 2.48 bits per heavy atom. The molecule has 1 saturated heterocycles.